The van der Waals surface area contributed by atoms with Crippen molar-refractivity contribution in [2.24, 2.45) is 0 Å². The van der Waals surface area contributed by atoms with Gasteiger partial charge in [0.25, 0.3) is 0 Å². The Hall–Kier alpha value is -6.91. The molecule has 238 valence electrons. The zero-order valence-electron chi connectivity index (χ0n) is 27.5. The molecule has 51 heavy (non-hydrogen) atoms. The summed E-state index contributed by atoms with van der Waals surface area (Å²) in [4.78, 5) is 15.5. The second-order valence-electron chi connectivity index (χ2n) is 12.8. The van der Waals surface area contributed by atoms with Gasteiger partial charge in [0, 0.05) is 27.5 Å². The number of hydrogen-bond acceptors (Lipinski definition) is 4. The number of para-hydroxylation sites is 1. The van der Waals surface area contributed by atoms with Crippen LogP contribution in [0.25, 0.3) is 99.9 Å². The van der Waals surface area contributed by atoms with E-state index < -0.39 is 0 Å². The summed E-state index contributed by atoms with van der Waals surface area (Å²) in [7, 11) is 0. The van der Waals surface area contributed by atoms with Crippen LogP contribution >= 0.6 is 0 Å². The second-order valence-corrected chi connectivity index (χ2v) is 12.8. The summed E-state index contributed by atoms with van der Waals surface area (Å²) in [6.07, 6.45) is 0. The molecule has 2 heterocycles. The van der Waals surface area contributed by atoms with Crippen LogP contribution in [0, 0.1) is 0 Å². The van der Waals surface area contributed by atoms with Gasteiger partial charge >= 0.3 is 0 Å². The second kappa shape index (κ2) is 11.9. The van der Waals surface area contributed by atoms with Crippen LogP contribution in [0.4, 0.5) is 0 Å². The molecule has 4 nitrogen and oxygen atoms in total. The lowest BCUT2D eigenvalue weighted by Crippen LogP contribution is -2.01. The molecule has 0 spiro atoms. The fraction of sp³-hybridized carbons (Fsp3) is 0. The van der Waals surface area contributed by atoms with Crippen LogP contribution < -0.4 is 0 Å². The fourth-order valence-electron chi connectivity index (χ4n) is 7.35. The van der Waals surface area contributed by atoms with Gasteiger partial charge in [-0.2, -0.15) is 0 Å². The Kier molecular flexibility index (Phi) is 6.78. The Morgan fingerprint density at radius 3 is 1.67 bits per heavy atom. The van der Waals surface area contributed by atoms with E-state index in [1.807, 2.05) is 60.7 Å². The highest BCUT2D eigenvalue weighted by molar-refractivity contribution is 6.12. The molecule has 0 saturated heterocycles. The molecule has 2 aromatic heterocycles. The number of fused-ring (bicyclic) bond motifs is 5. The zero-order valence-corrected chi connectivity index (χ0v) is 27.5. The molecule has 0 aliphatic heterocycles. The first-order valence-electron chi connectivity index (χ1n) is 17.1. The number of hydrogen-bond donors (Lipinski definition) is 0. The van der Waals surface area contributed by atoms with Gasteiger partial charge in [0.05, 0.1) is 0 Å². The number of nitrogens with zero attached hydrogens (tertiary/aromatic N) is 3. The molecule has 0 N–H and O–H groups in total. The third kappa shape index (κ3) is 4.96. The van der Waals surface area contributed by atoms with E-state index in [0.29, 0.717) is 17.5 Å². The van der Waals surface area contributed by atoms with Gasteiger partial charge in [-0.25, -0.2) is 15.0 Å². The first kappa shape index (κ1) is 29.0. The van der Waals surface area contributed by atoms with Crippen LogP contribution in [0.5, 0.6) is 0 Å². The monoisotopic (exact) mass is 651 g/mol. The minimum absolute atomic E-state index is 0.603. The molecule has 0 amide bonds. The topological polar surface area (TPSA) is 51.8 Å². The number of benzene rings is 8. The third-order valence-electron chi connectivity index (χ3n) is 9.73. The lowest BCUT2D eigenvalue weighted by molar-refractivity contribution is 0.669. The predicted octanol–water partition coefficient (Wildman–Crippen LogP) is 12.4. The van der Waals surface area contributed by atoms with Crippen molar-refractivity contribution >= 4 is 43.5 Å². The van der Waals surface area contributed by atoms with E-state index in [2.05, 4.69) is 115 Å². The van der Waals surface area contributed by atoms with Crippen LogP contribution in [0.1, 0.15) is 0 Å². The Balaban J connectivity index is 1.22. The minimum Gasteiger partial charge on any atom is -0.456 e. The lowest BCUT2D eigenvalue weighted by atomic mass is 9.89. The van der Waals surface area contributed by atoms with E-state index in [9.17, 15) is 0 Å². The van der Waals surface area contributed by atoms with Gasteiger partial charge in [0.15, 0.2) is 17.5 Å². The molecule has 0 saturated carbocycles. The van der Waals surface area contributed by atoms with Crippen molar-refractivity contribution < 1.29 is 4.42 Å². The molecule has 0 radical (unpaired) electrons. The highest BCUT2D eigenvalue weighted by Crippen LogP contribution is 2.41. The maximum Gasteiger partial charge on any atom is 0.164 e. The molecular formula is C47H29N3O. The lowest BCUT2D eigenvalue weighted by Gasteiger charge is -2.16. The molecule has 0 unspecified atom stereocenters. The quantitative estimate of drug-likeness (QED) is 0.186. The Labute approximate surface area is 294 Å². The summed E-state index contributed by atoms with van der Waals surface area (Å²) in [6.45, 7) is 0. The molecule has 0 bridgehead atoms. The summed E-state index contributed by atoms with van der Waals surface area (Å²) in [5.74, 6) is 1.84. The molecule has 10 aromatic rings. The van der Waals surface area contributed by atoms with Gasteiger partial charge in [-0.15, -0.1) is 0 Å². The van der Waals surface area contributed by atoms with Crippen LogP contribution in [0.15, 0.2) is 180 Å². The normalized spacial score (nSPS) is 11.5. The SMILES string of the molecule is c1ccc(-c2cc(-c3ccc(-c4nc(-c5ccccc5)nc(-c5cccc6oc7ccccc7c56)n4)c4ccccc34)c3ccccc3c2)cc1. The van der Waals surface area contributed by atoms with E-state index >= 15 is 0 Å². The Bertz CT molecular complexity index is 2910. The summed E-state index contributed by atoms with van der Waals surface area (Å²) in [5, 5.41) is 6.66. The zero-order chi connectivity index (χ0) is 33.7. The highest BCUT2D eigenvalue weighted by atomic mass is 16.3. The van der Waals surface area contributed by atoms with Crippen molar-refractivity contribution in [1.29, 1.82) is 0 Å². The first-order valence-corrected chi connectivity index (χ1v) is 17.1. The molecule has 4 heteroatoms. The van der Waals surface area contributed by atoms with Crippen LogP contribution in [-0.2, 0) is 0 Å². The average molecular weight is 652 g/mol. The predicted molar refractivity (Wildman–Crippen MR) is 209 cm³/mol. The van der Waals surface area contributed by atoms with E-state index in [1.165, 1.54) is 27.5 Å². The Morgan fingerprint density at radius 1 is 0.314 bits per heavy atom. The summed E-state index contributed by atoms with van der Waals surface area (Å²) in [5.41, 5.74) is 9.15. The maximum atomic E-state index is 6.25. The van der Waals surface area contributed by atoms with Crippen molar-refractivity contribution in [2.45, 2.75) is 0 Å². The van der Waals surface area contributed by atoms with E-state index in [-0.39, 0.29) is 0 Å². The van der Waals surface area contributed by atoms with Crippen molar-refractivity contribution in [1.82, 2.24) is 15.0 Å². The maximum absolute atomic E-state index is 6.25. The molecule has 0 aliphatic rings. The summed E-state index contributed by atoms with van der Waals surface area (Å²) >= 11 is 0. The molecular weight excluding hydrogens is 623 g/mol. The van der Waals surface area contributed by atoms with Crippen molar-refractivity contribution in [3.05, 3.63) is 176 Å². The molecule has 10 rings (SSSR count). The standard InChI is InChI=1S/C47H29N3O/c1-3-14-30(15-4-1)33-28-32-18-7-8-19-34(32)41(29-33)37-26-27-38(36-21-10-9-20-35(36)37)46-48-45(31-16-5-2-6-17-31)49-47(50-46)40-23-13-25-43-44(40)39-22-11-12-24-42(39)51-43/h1-29H. The largest absolute Gasteiger partial charge is 0.456 e. The van der Waals surface area contributed by atoms with Gasteiger partial charge in [0.2, 0.25) is 0 Å². The van der Waals surface area contributed by atoms with Gasteiger partial charge in [0.1, 0.15) is 11.2 Å². The van der Waals surface area contributed by atoms with Crippen LogP contribution in [0.2, 0.25) is 0 Å². The van der Waals surface area contributed by atoms with Gasteiger partial charge in [-0.05, 0) is 74.1 Å². The fourth-order valence-corrected chi connectivity index (χ4v) is 7.35. The van der Waals surface area contributed by atoms with Crippen molar-refractivity contribution in [2.75, 3.05) is 0 Å². The van der Waals surface area contributed by atoms with Crippen molar-refractivity contribution in [3.63, 3.8) is 0 Å². The first-order chi connectivity index (χ1) is 25.3. The van der Waals surface area contributed by atoms with Crippen molar-refractivity contribution in [3.8, 4) is 56.4 Å². The van der Waals surface area contributed by atoms with Crippen LogP contribution in [-0.4, -0.2) is 15.0 Å². The highest BCUT2D eigenvalue weighted by Gasteiger charge is 2.20. The van der Waals surface area contributed by atoms with E-state index in [0.717, 1.165) is 55.0 Å². The molecule has 0 aliphatic carbocycles. The molecule has 0 fully saturated rings. The third-order valence-corrected chi connectivity index (χ3v) is 9.73. The van der Waals surface area contributed by atoms with E-state index in [4.69, 9.17) is 19.4 Å². The molecule has 8 aromatic carbocycles. The number of aromatic nitrogens is 3. The smallest absolute Gasteiger partial charge is 0.164 e. The van der Waals surface area contributed by atoms with E-state index in [1.54, 1.807) is 0 Å². The van der Waals surface area contributed by atoms with Gasteiger partial charge in [-0.3, -0.25) is 0 Å². The minimum atomic E-state index is 0.603. The number of furan rings is 1. The summed E-state index contributed by atoms with van der Waals surface area (Å²) < 4.78 is 6.25. The average Bonchev–Trinajstić information content (AvgIpc) is 3.60. The molecule has 0 atom stereocenters. The van der Waals surface area contributed by atoms with Crippen LogP contribution in [0.3, 0.4) is 0 Å². The summed E-state index contributed by atoms with van der Waals surface area (Å²) in [6, 6.07) is 61.1. The van der Waals surface area contributed by atoms with Gasteiger partial charge < -0.3 is 4.42 Å². The van der Waals surface area contributed by atoms with Gasteiger partial charge in [-0.1, -0.05) is 146 Å². The number of rotatable bonds is 5. The Morgan fingerprint density at radius 2 is 0.882 bits per heavy atom.